The molecule has 0 radical (unpaired) electrons. The fourth-order valence-corrected chi connectivity index (χ4v) is 6.67. The summed E-state index contributed by atoms with van der Waals surface area (Å²) < 4.78 is 33.0. The lowest BCUT2D eigenvalue weighted by molar-refractivity contribution is 0.0912. The van der Waals surface area contributed by atoms with Gasteiger partial charge in [0.05, 0.1) is 29.9 Å². The minimum atomic E-state index is -2.99. The van der Waals surface area contributed by atoms with Crippen LogP contribution >= 0.6 is 11.8 Å². The summed E-state index contributed by atoms with van der Waals surface area (Å²) in [5, 5.41) is 12.4. The number of ketones is 1. The number of thioether (sulfide) groups is 1. The highest BCUT2D eigenvalue weighted by Crippen LogP contribution is 2.30. The van der Waals surface area contributed by atoms with Crippen molar-refractivity contribution >= 4 is 27.4 Å². The van der Waals surface area contributed by atoms with E-state index < -0.39 is 9.84 Å². The van der Waals surface area contributed by atoms with Gasteiger partial charge in [0.2, 0.25) is 5.16 Å². The zero-order valence-corrected chi connectivity index (χ0v) is 18.2. The Bertz CT molecular complexity index is 1010. The Morgan fingerprint density at radius 3 is 2.86 bits per heavy atom. The molecule has 0 bridgehead atoms. The number of Topliss-reactive ketones (excluding diaryl/α,β-unsaturated/α-hetero) is 1. The molecular formula is C18H25N5O4S2. The number of hydrogen-bond donors (Lipinski definition) is 0. The molecule has 0 unspecified atom stereocenters. The lowest BCUT2D eigenvalue weighted by Crippen LogP contribution is -2.17. The van der Waals surface area contributed by atoms with Crippen LogP contribution in [-0.4, -0.2) is 68.9 Å². The lowest BCUT2D eigenvalue weighted by Gasteiger charge is -2.16. The fraction of sp³-hybridized carbons (Fsp3) is 0.667. The van der Waals surface area contributed by atoms with E-state index in [1.807, 2.05) is 24.5 Å². The predicted molar refractivity (Wildman–Crippen MR) is 108 cm³/mol. The molecule has 2 saturated heterocycles. The molecule has 2 aliphatic heterocycles. The van der Waals surface area contributed by atoms with Crippen LogP contribution in [0.1, 0.15) is 47.1 Å². The van der Waals surface area contributed by atoms with Crippen LogP contribution in [0.4, 0.5) is 0 Å². The number of tetrazole rings is 1. The Kier molecular flexibility index (Phi) is 5.80. The quantitative estimate of drug-likeness (QED) is 0.473. The average Bonchev–Trinajstić information content (AvgIpc) is 3.43. The van der Waals surface area contributed by atoms with Crippen molar-refractivity contribution < 1.29 is 17.9 Å². The van der Waals surface area contributed by atoms with Gasteiger partial charge in [-0.2, -0.15) is 0 Å². The maximum Gasteiger partial charge on any atom is 0.209 e. The Labute approximate surface area is 174 Å². The van der Waals surface area contributed by atoms with E-state index in [0.717, 1.165) is 30.8 Å². The third kappa shape index (κ3) is 4.41. The number of carbonyl (C=O) groups excluding carboxylic acids is 1. The minimum Gasteiger partial charge on any atom is -0.376 e. The number of carbonyl (C=O) groups is 1. The van der Waals surface area contributed by atoms with Gasteiger partial charge >= 0.3 is 0 Å². The summed E-state index contributed by atoms with van der Waals surface area (Å²) in [5.74, 6) is 0.561. The highest BCUT2D eigenvalue weighted by atomic mass is 32.2. The second-order valence-corrected chi connectivity index (χ2v) is 10.9. The summed E-state index contributed by atoms with van der Waals surface area (Å²) in [6.07, 6.45) is 2.76. The molecule has 29 heavy (non-hydrogen) atoms. The molecule has 4 rings (SSSR count). The highest BCUT2D eigenvalue weighted by Gasteiger charge is 2.31. The van der Waals surface area contributed by atoms with Crippen molar-refractivity contribution in [3.63, 3.8) is 0 Å². The van der Waals surface area contributed by atoms with Crippen molar-refractivity contribution in [1.29, 1.82) is 0 Å². The molecule has 158 valence electrons. The second kappa shape index (κ2) is 8.19. The summed E-state index contributed by atoms with van der Waals surface area (Å²) in [5.41, 5.74) is 2.38. The number of hydrogen-bond acceptors (Lipinski definition) is 8. The maximum atomic E-state index is 12.9. The average molecular weight is 440 g/mol. The van der Waals surface area contributed by atoms with Gasteiger partial charge in [0, 0.05) is 29.6 Å². The number of rotatable bonds is 7. The molecule has 11 heteroatoms. The lowest BCUT2D eigenvalue weighted by atomic mass is 10.2. The van der Waals surface area contributed by atoms with Gasteiger partial charge in [-0.05, 0) is 49.6 Å². The van der Waals surface area contributed by atoms with Crippen LogP contribution in [0.2, 0.25) is 0 Å². The summed E-state index contributed by atoms with van der Waals surface area (Å²) in [6.45, 7) is 5.17. The van der Waals surface area contributed by atoms with Gasteiger partial charge in [0.15, 0.2) is 15.6 Å². The van der Waals surface area contributed by atoms with Gasteiger partial charge < -0.3 is 9.30 Å². The molecular weight excluding hydrogens is 414 g/mol. The summed E-state index contributed by atoms with van der Waals surface area (Å²) >= 11 is 1.31. The largest absolute Gasteiger partial charge is 0.376 e. The number of ether oxygens (including phenoxy) is 1. The van der Waals surface area contributed by atoms with E-state index in [1.54, 1.807) is 4.68 Å². The summed E-state index contributed by atoms with van der Waals surface area (Å²) in [4.78, 5) is 12.9. The number of sulfone groups is 1. The molecule has 2 aromatic heterocycles. The molecule has 2 fully saturated rings. The van der Waals surface area contributed by atoms with Gasteiger partial charge in [0.25, 0.3) is 0 Å². The van der Waals surface area contributed by atoms with Crippen LogP contribution in [0, 0.1) is 13.8 Å². The summed E-state index contributed by atoms with van der Waals surface area (Å²) in [7, 11) is -2.99. The van der Waals surface area contributed by atoms with Crippen molar-refractivity contribution in [2.75, 3.05) is 23.9 Å². The van der Waals surface area contributed by atoms with Crippen LogP contribution < -0.4 is 0 Å². The Hall–Kier alpha value is -1.72. The van der Waals surface area contributed by atoms with Crippen LogP contribution in [0.15, 0.2) is 11.2 Å². The molecule has 0 amide bonds. The van der Waals surface area contributed by atoms with Crippen molar-refractivity contribution in [1.82, 2.24) is 24.8 Å². The Balaban J connectivity index is 1.43. The van der Waals surface area contributed by atoms with Crippen molar-refractivity contribution in [3.05, 3.63) is 23.0 Å². The summed E-state index contributed by atoms with van der Waals surface area (Å²) in [6, 6.07) is 1.77. The smallest absolute Gasteiger partial charge is 0.209 e. The third-order valence-electron chi connectivity index (χ3n) is 5.59. The van der Waals surface area contributed by atoms with E-state index >= 15 is 0 Å². The van der Waals surface area contributed by atoms with Crippen LogP contribution in [0.5, 0.6) is 0 Å². The van der Waals surface area contributed by atoms with E-state index in [1.165, 1.54) is 11.8 Å². The zero-order valence-electron chi connectivity index (χ0n) is 16.6. The molecule has 2 aromatic rings. The zero-order chi connectivity index (χ0) is 20.6. The number of aromatic nitrogens is 5. The molecule has 4 heterocycles. The normalized spacial score (nSPS) is 23.7. The van der Waals surface area contributed by atoms with Gasteiger partial charge in [-0.1, -0.05) is 11.8 Å². The van der Waals surface area contributed by atoms with Gasteiger partial charge in [-0.25, -0.2) is 13.1 Å². The first kappa shape index (κ1) is 20.5. The maximum absolute atomic E-state index is 12.9. The predicted octanol–water partition coefficient (Wildman–Crippen LogP) is 1.61. The fourth-order valence-electron chi connectivity index (χ4n) is 4.20. The van der Waals surface area contributed by atoms with Crippen LogP contribution in [0.3, 0.4) is 0 Å². The molecule has 2 aliphatic rings. The highest BCUT2D eigenvalue weighted by molar-refractivity contribution is 7.99. The SMILES string of the molecule is Cc1cc(C(=O)CSc2nnnn2C[C@H]2CCCO2)c(C)n1[C@H]1CCS(=O)(=O)C1. The van der Waals surface area contributed by atoms with E-state index in [4.69, 9.17) is 4.74 Å². The second-order valence-electron chi connectivity index (χ2n) is 7.70. The van der Waals surface area contributed by atoms with Crippen molar-refractivity contribution in [2.24, 2.45) is 0 Å². The standard InChI is InChI=1S/C18H25N5O4S2/c1-12-8-16(13(2)23(12)14-5-7-29(25,26)11-14)17(24)10-28-18-19-20-21-22(18)9-15-4-3-6-27-15/h8,14-15H,3-7,9-11H2,1-2H3/t14-,15+/m0/s1. The topological polar surface area (TPSA) is 109 Å². The van der Waals surface area contributed by atoms with E-state index in [2.05, 4.69) is 15.5 Å². The van der Waals surface area contributed by atoms with Gasteiger partial charge in [0.1, 0.15) is 0 Å². The van der Waals surface area contributed by atoms with E-state index in [0.29, 0.717) is 23.7 Å². The Morgan fingerprint density at radius 1 is 1.34 bits per heavy atom. The molecule has 0 spiro atoms. The molecule has 0 saturated carbocycles. The van der Waals surface area contributed by atoms with E-state index in [9.17, 15) is 13.2 Å². The van der Waals surface area contributed by atoms with Gasteiger partial charge in [-0.15, -0.1) is 5.10 Å². The van der Waals surface area contributed by atoms with Crippen molar-refractivity contribution in [3.8, 4) is 0 Å². The van der Waals surface area contributed by atoms with E-state index in [-0.39, 0.29) is 35.2 Å². The minimum absolute atomic E-state index is 0.0122. The van der Waals surface area contributed by atoms with Crippen molar-refractivity contribution in [2.45, 2.75) is 57.0 Å². The first-order valence-corrected chi connectivity index (χ1v) is 12.6. The first-order valence-electron chi connectivity index (χ1n) is 9.76. The monoisotopic (exact) mass is 439 g/mol. The molecule has 9 nitrogen and oxygen atoms in total. The van der Waals surface area contributed by atoms with Crippen LogP contribution in [-0.2, 0) is 21.1 Å². The van der Waals surface area contributed by atoms with Crippen LogP contribution in [0.25, 0.3) is 0 Å². The molecule has 0 N–H and O–H groups in total. The first-order chi connectivity index (χ1) is 13.8. The molecule has 0 aromatic carbocycles. The van der Waals surface area contributed by atoms with Gasteiger partial charge in [-0.3, -0.25) is 4.79 Å². The number of nitrogens with zero attached hydrogens (tertiary/aromatic N) is 5. The Morgan fingerprint density at radius 2 is 2.17 bits per heavy atom. The molecule has 0 aliphatic carbocycles. The number of aryl methyl sites for hydroxylation is 1. The molecule has 2 atom stereocenters. The third-order valence-corrected chi connectivity index (χ3v) is 8.30.